The first-order valence-corrected chi connectivity index (χ1v) is 4.52. The summed E-state index contributed by atoms with van der Waals surface area (Å²) < 4.78 is 1.44. The van der Waals surface area contributed by atoms with Crippen LogP contribution in [0.4, 0.5) is 0 Å². The minimum Gasteiger partial charge on any atom is -0.137 e. The lowest BCUT2D eigenvalue weighted by atomic mass is 10.3. The number of rotatable bonds is 1. The highest BCUT2D eigenvalue weighted by Gasteiger charge is 1.94. The second-order valence-electron chi connectivity index (χ2n) is 1.57. The molecule has 0 saturated heterocycles. The predicted molar refractivity (Wildman–Crippen MR) is 46.4 cm³/mol. The van der Waals surface area contributed by atoms with Crippen LogP contribution >= 0.6 is 33.9 Å². The molecule has 1 aromatic rings. The molecule has 0 saturated carbocycles. The third-order valence-electron chi connectivity index (χ3n) is 1.07. The molecule has 0 bridgehead atoms. The molecule has 0 atom stereocenters. The van der Waals surface area contributed by atoms with Gasteiger partial charge in [-0.3, -0.25) is 0 Å². The largest absolute Gasteiger partial charge is 0.137 e. The Hall–Kier alpha value is 0.430. The molecule has 1 aromatic heterocycles. The van der Waals surface area contributed by atoms with Crippen molar-refractivity contribution in [2.24, 2.45) is 0 Å². The maximum Gasteiger partial charge on any atom is 0.0685 e. The Labute approximate surface area is 67.1 Å². The van der Waals surface area contributed by atoms with Gasteiger partial charge in [-0.05, 0) is 46.0 Å². The maximum atomic E-state index is 2.37. The predicted octanol–water partition coefficient (Wildman–Crippen LogP) is 2.92. The van der Waals surface area contributed by atoms with Crippen LogP contribution in [0, 0.1) is 2.88 Å². The van der Waals surface area contributed by atoms with Crippen molar-refractivity contribution >= 4 is 33.9 Å². The molecule has 0 aliphatic rings. The summed E-state index contributed by atoms with van der Waals surface area (Å²) in [6.45, 7) is 2.18. The summed E-state index contributed by atoms with van der Waals surface area (Å²) in [4.78, 5) is 0. The van der Waals surface area contributed by atoms with Crippen LogP contribution in [0.2, 0.25) is 0 Å². The number of hydrogen-bond acceptors (Lipinski definition) is 1. The minimum atomic E-state index is 1.17. The molecule has 0 N–H and O–H groups in total. The van der Waals surface area contributed by atoms with Gasteiger partial charge < -0.3 is 0 Å². The summed E-state index contributed by atoms with van der Waals surface area (Å²) in [6.07, 6.45) is 1.17. The second kappa shape index (κ2) is 2.82. The zero-order chi connectivity index (χ0) is 5.98. The lowest BCUT2D eigenvalue weighted by Crippen LogP contribution is -1.73. The highest BCUT2D eigenvalue weighted by atomic mass is 127. The summed E-state index contributed by atoms with van der Waals surface area (Å²) in [7, 11) is 0. The quantitative estimate of drug-likeness (QED) is 0.660. The van der Waals surface area contributed by atoms with E-state index in [0.29, 0.717) is 0 Å². The molecule has 0 nitrogen and oxygen atoms in total. The molecule has 0 aliphatic heterocycles. The van der Waals surface area contributed by atoms with E-state index in [1.54, 1.807) is 0 Å². The van der Waals surface area contributed by atoms with Gasteiger partial charge in [0.2, 0.25) is 0 Å². The van der Waals surface area contributed by atoms with Crippen LogP contribution in [0.25, 0.3) is 0 Å². The second-order valence-corrected chi connectivity index (χ2v) is 4.30. The maximum absolute atomic E-state index is 2.37. The number of halogens is 1. The third kappa shape index (κ3) is 1.23. The average molecular weight is 238 g/mol. The molecule has 44 valence electrons. The Kier molecular flexibility index (Phi) is 2.31. The van der Waals surface area contributed by atoms with Crippen molar-refractivity contribution in [1.29, 1.82) is 0 Å². The van der Waals surface area contributed by atoms with Gasteiger partial charge in [0.1, 0.15) is 0 Å². The molecule has 2 heteroatoms. The normalized spacial score (nSPS) is 9.75. The molecule has 0 spiro atoms. The van der Waals surface area contributed by atoms with Gasteiger partial charge in [-0.1, -0.05) is 6.92 Å². The van der Waals surface area contributed by atoms with Gasteiger partial charge in [-0.25, -0.2) is 0 Å². The zero-order valence-corrected chi connectivity index (χ0v) is 7.62. The van der Waals surface area contributed by atoms with Crippen LogP contribution in [0.1, 0.15) is 12.5 Å². The average Bonchev–Trinajstić information content (AvgIpc) is 2.14. The molecule has 0 fully saturated rings. The molecule has 0 unspecified atom stereocenters. The summed E-state index contributed by atoms with van der Waals surface area (Å²) in [5.41, 5.74) is 1.48. The molecule has 1 heterocycles. The van der Waals surface area contributed by atoms with Gasteiger partial charge >= 0.3 is 0 Å². The van der Waals surface area contributed by atoms with E-state index in [2.05, 4.69) is 41.0 Å². The van der Waals surface area contributed by atoms with Crippen molar-refractivity contribution in [3.63, 3.8) is 0 Å². The van der Waals surface area contributed by atoms with Crippen LogP contribution in [0.5, 0.6) is 0 Å². The fraction of sp³-hybridized carbons (Fsp3) is 0.333. The van der Waals surface area contributed by atoms with E-state index in [1.807, 2.05) is 11.3 Å². The van der Waals surface area contributed by atoms with Gasteiger partial charge in [0.25, 0.3) is 0 Å². The van der Waals surface area contributed by atoms with Crippen molar-refractivity contribution in [2.45, 2.75) is 13.3 Å². The minimum absolute atomic E-state index is 1.17. The summed E-state index contributed by atoms with van der Waals surface area (Å²) in [5, 5.41) is 2.14. The first-order chi connectivity index (χ1) is 3.84. The highest BCUT2D eigenvalue weighted by molar-refractivity contribution is 14.1. The van der Waals surface area contributed by atoms with Crippen molar-refractivity contribution in [3.8, 4) is 0 Å². The molecule has 0 aliphatic carbocycles. The fourth-order valence-electron chi connectivity index (χ4n) is 0.574. The fourth-order valence-corrected chi connectivity index (χ4v) is 2.29. The highest BCUT2D eigenvalue weighted by Crippen LogP contribution is 2.18. The van der Waals surface area contributed by atoms with Crippen molar-refractivity contribution < 1.29 is 0 Å². The van der Waals surface area contributed by atoms with Gasteiger partial charge in [0, 0.05) is 0 Å². The van der Waals surface area contributed by atoms with Crippen molar-refractivity contribution in [3.05, 3.63) is 19.9 Å². The molecule has 0 radical (unpaired) electrons. The Bertz CT molecular complexity index is 169. The molecule has 8 heavy (non-hydrogen) atoms. The zero-order valence-electron chi connectivity index (χ0n) is 4.65. The third-order valence-corrected chi connectivity index (χ3v) is 3.27. The molecule has 0 amide bonds. The van der Waals surface area contributed by atoms with E-state index in [-0.39, 0.29) is 0 Å². The number of aryl methyl sites for hydroxylation is 1. The lowest BCUT2D eigenvalue weighted by Gasteiger charge is -1.86. The smallest absolute Gasteiger partial charge is 0.0685 e. The Balaban J connectivity index is 2.92. The van der Waals surface area contributed by atoms with E-state index in [1.165, 1.54) is 14.9 Å². The first-order valence-electron chi connectivity index (χ1n) is 2.56. The SMILES string of the molecule is CCc1ccsc1I. The van der Waals surface area contributed by atoms with Crippen molar-refractivity contribution in [1.82, 2.24) is 0 Å². The number of hydrogen-bond donors (Lipinski definition) is 0. The molecule has 1 rings (SSSR count). The van der Waals surface area contributed by atoms with Gasteiger partial charge in [0.15, 0.2) is 0 Å². The van der Waals surface area contributed by atoms with Crippen molar-refractivity contribution in [2.75, 3.05) is 0 Å². The summed E-state index contributed by atoms with van der Waals surface area (Å²) >= 11 is 4.19. The Morgan fingerprint density at radius 2 is 2.50 bits per heavy atom. The van der Waals surface area contributed by atoms with E-state index >= 15 is 0 Å². The molecular weight excluding hydrogens is 231 g/mol. The standard InChI is InChI=1S/C6H7IS/c1-2-5-3-4-8-6(5)7/h3-4H,2H2,1H3. The van der Waals surface area contributed by atoms with Crippen LogP contribution in [-0.4, -0.2) is 0 Å². The Morgan fingerprint density at radius 1 is 1.75 bits per heavy atom. The van der Waals surface area contributed by atoms with Gasteiger partial charge in [0.05, 0.1) is 2.88 Å². The lowest BCUT2D eigenvalue weighted by molar-refractivity contribution is 1.15. The summed E-state index contributed by atoms with van der Waals surface area (Å²) in [6, 6.07) is 2.19. The van der Waals surface area contributed by atoms with Crippen LogP contribution < -0.4 is 0 Å². The van der Waals surface area contributed by atoms with E-state index in [4.69, 9.17) is 0 Å². The van der Waals surface area contributed by atoms with E-state index in [0.717, 1.165) is 0 Å². The molecule has 0 aromatic carbocycles. The van der Waals surface area contributed by atoms with Gasteiger partial charge in [-0.15, -0.1) is 11.3 Å². The summed E-state index contributed by atoms with van der Waals surface area (Å²) in [5.74, 6) is 0. The van der Waals surface area contributed by atoms with E-state index < -0.39 is 0 Å². The molecular formula is C6H7IS. The Morgan fingerprint density at radius 3 is 2.75 bits per heavy atom. The monoisotopic (exact) mass is 238 g/mol. The van der Waals surface area contributed by atoms with Crippen LogP contribution in [0.15, 0.2) is 11.4 Å². The number of thiophene rings is 1. The van der Waals surface area contributed by atoms with Crippen LogP contribution in [0.3, 0.4) is 0 Å². The first kappa shape index (κ1) is 6.55. The van der Waals surface area contributed by atoms with Crippen LogP contribution in [-0.2, 0) is 6.42 Å². The topological polar surface area (TPSA) is 0 Å². The van der Waals surface area contributed by atoms with E-state index in [9.17, 15) is 0 Å². The van der Waals surface area contributed by atoms with Gasteiger partial charge in [-0.2, -0.15) is 0 Å².